The molecule has 0 heterocycles. The first kappa shape index (κ1) is 18.3. The fourth-order valence-electron chi connectivity index (χ4n) is 1.45. The zero-order valence-electron chi connectivity index (χ0n) is 12.0. The highest BCUT2D eigenvalue weighted by Crippen LogP contribution is 2.36. The molecule has 1 rings (SSSR count). The third-order valence-corrected chi connectivity index (χ3v) is 5.93. The predicted octanol–water partition coefficient (Wildman–Crippen LogP) is 3.21. The molecular formula is C13H18F3NO2S2. The highest BCUT2D eigenvalue weighted by Gasteiger charge is 2.30. The van der Waals surface area contributed by atoms with Gasteiger partial charge in [0.1, 0.15) is 0 Å². The van der Waals surface area contributed by atoms with Gasteiger partial charge in [0.15, 0.2) is 9.84 Å². The molecule has 0 saturated carbocycles. The number of hydrogen-bond acceptors (Lipinski definition) is 4. The summed E-state index contributed by atoms with van der Waals surface area (Å²) in [6, 6.07) is 5.98. The lowest BCUT2D eigenvalue weighted by Gasteiger charge is -2.22. The van der Waals surface area contributed by atoms with Gasteiger partial charge >= 0.3 is 5.51 Å². The van der Waals surface area contributed by atoms with Crippen molar-refractivity contribution in [1.29, 1.82) is 0 Å². The Morgan fingerprint density at radius 1 is 1.14 bits per heavy atom. The van der Waals surface area contributed by atoms with E-state index in [0.717, 1.165) is 5.56 Å². The molecule has 0 aliphatic heterocycles. The first-order valence-electron chi connectivity index (χ1n) is 6.16. The maximum Gasteiger partial charge on any atom is 0.446 e. The molecule has 1 aromatic carbocycles. The van der Waals surface area contributed by atoms with Crippen LogP contribution >= 0.6 is 11.8 Å². The Hall–Kier alpha value is -0.730. The SMILES string of the molecule is CC(C)(CNCc1ccc(SC(F)(F)F)cc1)S(C)(=O)=O. The number of halogens is 3. The topological polar surface area (TPSA) is 46.2 Å². The van der Waals surface area contributed by atoms with E-state index in [9.17, 15) is 21.6 Å². The van der Waals surface area contributed by atoms with Crippen molar-refractivity contribution >= 4 is 21.6 Å². The molecule has 0 aromatic heterocycles. The minimum absolute atomic E-state index is 0.128. The smallest absolute Gasteiger partial charge is 0.311 e. The summed E-state index contributed by atoms with van der Waals surface area (Å²) in [4.78, 5) is 0.128. The molecule has 21 heavy (non-hydrogen) atoms. The van der Waals surface area contributed by atoms with Crippen LogP contribution in [0, 0.1) is 0 Å². The molecule has 0 bridgehead atoms. The summed E-state index contributed by atoms with van der Waals surface area (Å²) in [5, 5.41) is 3.01. The summed E-state index contributed by atoms with van der Waals surface area (Å²) in [6.45, 7) is 3.91. The van der Waals surface area contributed by atoms with E-state index < -0.39 is 20.1 Å². The number of sulfone groups is 1. The van der Waals surface area contributed by atoms with Crippen LogP contribution in [-0.4, -0.2) is 31.5 Å². The van der Waals surface area contributed by atoms with Crippen LogP contribution < -0.4 is 5.32 Å². The number of nitrogens with one attached hydrogen (secondary N) is 1. The van der Waals surface area contributed by atoms with Gasteiger partial charge in [-0.3, -0.25) is 0 Å². The minimum Gasteiger partial charge on any atom is -0.311 e. The number of hydrogen-bond donors (Lipinski definition) is 1. The van der Waals surface area contributed by atoms with E-state index in [2.05, 4.69) is 5.32 Å². The highest BCUT2D eigenvalue weighted by atomic mass is 32.2. The maximum atomic E-state index is 12.2. The number of benzene rings is 1. The van der Waals surface area contributed by atoms with Gasteiger partial charge in [-0.15, -0.1) is 0 Å². The summed E-state index contributed by atoms with van der Waals surface area (Å²) in [7, 11) is -3.17. The van der Waals surface area contributed by atoms with Gasteiger partial charge in [0.25, 0.3) is 0 Å². The molecule has 0 aliphatic carbocycles. The lowest BCUT2D eigenvalue weighted by molar-refractivity contribution is -0.0328. The molecule has 1 aromatic rings. The van der Waals surface area contributed by atoms with E-state index >= 15 is 0 Å². The molecule has 8 heteroatoms. The van der Waals surface area contributed by atoms with Crippen molar-refractivity contribution in [3.8, 4) is 0 Å². The molecular weight excluding hydrogens is 323 g/mol. The zero-order valence-corrected chi connectivity index (χ0v) is 13.6. The third kappa shape index (κ3) is 6.27. The van der Waals surface area contributed by atoms with Gasteiger partial charge < -0.3 is 5.32 Å². The molecule has 0 atom stereocenters. The Labute approximate surface area is 127 Å². The van der Waals surface area contributed by atoms with Crippen LogP contribution in [0.3, 0.4) is 0 Å². The molecule has 0 radical (unpaired) electrons. The average molecular weight is 341 g/mol. The van der Waals surface area contributed by atoms with E-state index in [0.29, 0.717) is 6.54 Å². The van der Waals surface area contributed by atoms with Gasteiger partial charge in [-0.2, -0.15) is 13.2 Å². The van der Waals surface area contributed by atoms with Gasteiger partial charge in [-0.25, -0.2) is 8.42 Å². The van der Waals surface area contributed by atoms with E-state index in [4.69, 9.17) is 0 Å². The lowest BCUT2D eigenvalue weighted by Crippen LogP contribution is -2.41. The average Bonchev–Trinajstić information content (AvgIpc) is 2.27. The van der Waals surface area contributed by atoms with Crippen molar-refractivity contribution in [2.45, 2.75) is 35.5 Å². The first-order chi connectivity index (χ1) is 9.41. The van der Waals surface area contributed by atoms with Crippen molar-refractivity contribution in [1.82, 2.24) is 5.32 Å². The number of alkyl halides is 3. The number of rotatable bonds is 6. The number of thioether (sulfide) groups is 1. The largest absolute Gasteiger partial charge is 0.446 e. The van der Waals surface area contributed by atoms with Crippen LogP contribution in [0.4, 0.5) is 13.2 Å². The molecule has 0 unspecified atom stereocenters. The summed E-state index contributed by atoms with van der Waals surface area (Å²) < 4.78 is 58.7. The Bertz CT molecular complexity index is 566. The molecule has 0 saturated heterocycles. The van der Waals surface area contributed by atoms with Crippen molar-refractivity contribution < 1.29 is 21.6 Å². The van der Waals surface area contributed by atoms with Crippen LogP contribution in [0.15, 0.2) is 29.2 Å². The second-order valence-corrected chi connectivity index (χ2v) is 9.12. The second kappa shape index (κ2) is 6.58. The zero-order chi connectivity index (χ0) is 16.3. The van der Waals surface area contributed by atoms with Gasteiger partial charge in [0.05, 0.1) is 4.75 Å². The van der Waals surface area contributed by atoms with E-state index in [1.165, 1.54) is 18.4 Å². The van der Waals surface area contributed by atoms with E-state index in [1.54, 1.807) is 26.0 Å². The van der Waals surface area contributed by atoms with Crippen LogP contribution in [0.25, 0.3) is 0 Å². The maximum absolute atomic E-state index is 12.2. The van der Waals surface area contributed by atoms with Gasteiger partial charge in [-0.1, -0.05) is 12.1 Å². The summed E-state index contributed by atoms with van der Waals surface area (Å²) in [5.41, 5.74) is -3.50. The molecule has 3 nitrogen and oxygen atoms in total. The second-order valence-electron chi connectivity index (χ2n) is 5.33. The quantitative estimate of drug-likeness (QED) is 0.807. The fourth-order valence-corrected chi connectivity index (χ4v) is 2.35. The van der Waals surface area contributed by atoms with Crippen LogP contribution in [0.2, 0.25) is 0 Å². The van der Waals surface area contributed by atoms with Crippen LogP contribution in [0.5, 0.6) is 0 Å². The Morgan fingerprint density at radius 3 is 2.10 bits per heavy atom. The van der Waals surface area contributed by atoms with Crippen molar-refractivity contribution in [2.24, 2.45) is 0 Å². The monoisotopic (exact) mass is 341 g/mol. The van der Waals surface area contributed by atoms with Crippen molar-refractivity contribution in [3.63, 3.8) is 0 Å². The third-order valence-electron chi connectivity index (χ3n) is 3.04. The lowest BCUT2D eigenvalue weighted by atomic mass is 10.2. The Morgan fingerprint density at radius 2 is 1.67 bits per heavy atom. The molecule has 120 valence electrons. The highest BCUT2D eigenvalue weighted by molar-refractivity contribution is 8.00. The molecule has 1 N–H and O–H groups in total. The van der Waals surface area contributed by atoms with Crippen molar-refractivity contribution in [3.05, 3.63) is 29.8 Å². The van der Waals surface area contributed by atoms with Crippen LogP contribution in [-0.2, 0) is 16.4 Å². The predicted molar refractivity (Wildman–Crippen MR) is 79.0 cm³/mol. The van der Waals surface area contributed by atoms with E-state index in [-0.39, 0.29) is 23.2 Å². The van der Waals surface area contributed by atoms with E-state index in [1.807, 2.05) is 0 Å². The normalized spacial score (nSPS) is 13.4. The van der Waals surface area contributed by atoms with Gasteiger partial charge in [0, 0.05) is 24.2 Å². The minimum atomic E-state index is -4.29. The van der Waals surface area contributed by atoms with Crippen LogP contribution in [0.1, 0.15) is 19.4 Å². The Kier molecular flexibility index (Phi) is 5.74. The summed E-state index contributed by atoms with van der Waals surface area (Å²) >= 11 is -0.159. The molecule has 0 spiro atoms. The molecule has 0 amide bonds. The van der Waals surface area contributed by atoms with Gasteiger partial charge in [-0.05, 0) is 43.3 Å². The van der Waals surface area contributed by atoms with Crippen molar-refractivity contribution in [2.75, 3.05) is 12.8 Å². The standard InChI is InChI=1S/C13H18F3NO2S2/c1-12(2,21(3,18)19)9-17-8-10-4-6-11(7-5-10)20-13(14,15)16/h4-7,17H,8-9H2,1-3H3. The molecule has 0 fully saturated rings. The fraction of sp³-hybridized carbons (Fsp3) is 0.538. The van der Waals surface area contributed by atoms with Gasteiger partial charge in [0.2, 0.25) is 0 Å². The Balaban J connectivity index is 2.54. The molecule has 0 aliphatic rings. The summed E-state index contributed by atoms with van der Waals surface area (Å²) in [5.74, 6) is 0. The first-order valence-corrected chi connectivity index (χ1v) is 8.86. The summed E-state index contributed by atoms with van der Waals surface area (Å²) in [6.07, 6.45) is 1.18.